The minimum atomic E-state index is -1.50. The van der Waals surface area contributed by atoms with Gasteiger partial charge in [0.05, 0.1) is 6.67 Å². The molecule has 8 heteroatoms. The summed E-state index contributed by atoms with van der Waals surface area (Å²) in [5, 5.41) is 22.0. The lowest BCUT2D eigenvalue weighted by molar-refractivity contribution is -0.742. The first-order valence-corrected chi connectivity index (χ1v) is 3.59. The Hall–Kier alpha value is -1.99. The summed E-state index contributed by atoms with van der Waals surface area (Å²) in [5.41, 5.74) is 0. The molecule has 0 aliphatic carbocycles. The van der Waals surface area contributed by atoms with Gasteiger partial charge in [-0.25, -0.2) is 0 Å². The SMILES string of the molecule is CN1C=CN(CC(=O)O)C1.O=[N+]([O-])O. The van der Waals surface area contributed by atoms with Gasteiger partial charge in [-0.2, -0.15) is 0 Å². The third-order valence-electron chi connectivity index (χ3n) is 1.28. The summed E-state index contributed by atoms with van der Waals surface area (Å²) in [4.78, 5) is 22.2. The van der Waals surface area contributed by atoms with E-state index in [1.807, 2.05) is 18.1 Å². The van der Waals surface area contributed by atoms with Gasteiger partial charge in [-0.1, -0.05) is 0 Å². The van der Waals surface area contributed by atoms with E-state index in [4.69, 9.17) is 20.4 Å². The zero-order valence-corrected chi connectivity index (χ0v) is 7.53. The number of rotatable bonds is 2. The highest BCUT2D eigenvalue weighted by Crippen LogP contribution is 2.01. The molecular formula is C6H11N3O5. The molecule has 0 saturated carbocycles. The maximum Gasteiger partial charge on any atom is 0.323 e. The van der Waals surface area contributed by atoms with Crippen molar-refractivity contribution in [3.63, 3.8) is 0 Å². The first-order chi connectivity index (χ1) is 6.41. The van der Waals surface area contributed by atoms with Gasteiger partial charge >= 0.3 is 5.97 Å². The summed E-state index contributed by atoms with van der Waals surface area (Å²) < 4.78 is 0. The average molecular weight is 205 g/mol. The molecule has 1 rings (SSSR count). The van der Waals surface area contributed by atoms with Crippen molar-refractivity contribution in [2.45, 2.75) is 0 Å². The van der Waals surface area contributed by atoms with Crippen molar-refractivity contribution >= 4 is 5.97 Å². The van der Waals surface area contributed by atoms with Gasteiger partial charge < -0.3 is 20.1 Å². The zero-order valence-electron chi connectivity index (χ0n) is 7.53. The summed E-state index contributed by atoms with van der Waals surface area (Å²) in [6, 6.07) is 0. The minimum Gasteiger partial charge on any atom is -0.480 e. The molecule has 1 aliphatic heterocycles. The molecule has 14 heavy (non-hydrogen) atoms. The molecule has 0 unspecified atom stereocenters. The first-order valence-electron chi connectivity index (χ1n) is 3.59. The molecule has 0 saturated heterocycles. The Morgan fingerprint density at radius 2 is 2.14 bits per heavy atom. The highest BCUT2D eigenvalue weighted by molar-refractivity contribution is 5.69. The maximum atomic E-state index is 10.2. The van der Waals surface area contributed by atoms with Crippen LogP contribution in [0.2, 0.25) is 0 Å². The molecular weight excluding hydrogens is 194 g/mol. The predicted molar refractivity (Wildman–Crippen MR) is 44.9 cm³/mol. The van der Waals surface area contributed by atoms with Crippen LogP contribution in [0.4, 0.5) is 0 Å². The smallest absolute Gasteiger partial charge is 0.323 e. The molecule has 0 aromatic heterocycles. The fraction of sp³-hybridized carbons (Fsp3) is 0.500. The van der Waals surface area contributed by atoms with Gasteiger partial charge in [-0.15, -0.1) is 10.1 Å². The summed E-state index contributed by atoms with van der Waals surface area (Å²) >= 11 is 0. The Morgan fingerprint density at radius 3 is 2.43 bits per heavy atom. The standard InChI is InChI=1S/C6H10N2O2.HNO3/c1-7-2-3-8(5-7)4-6(9)10;2-1(3)4/h2-3H,4-5H2,1H3,(H,9,10);(H,2,3,4). The minimum absolute atomic E-state index is 0.0842. The van der Waals surface area contributed by atoms with Crippen molar-refractivity contribution in [1.82, 2.24) is 9.80 Å². The lowest BCUT2D eigenvalue weighted by atomic mass is 10.6. The Balaban J connectivity index is 0.000000364. The summed E-state index contributed by atoms with van der Waals surface area (Å²) in [6.45, 7) is 0.757. The zero-order chi connectivity index (χ0) is 11.1. The van der Waals surface area contributed by atoms with Crippen molar-refractivity contribution in [2.24, 2.45) is 0 Å². The van der Waals surface area contributed by atoms with E-state index in [-0.39, 0.29) is 6.54 Å². The second-order valence-corrected chi connectivity index (χ2v) is 2.58. The van der Waals surface area contributed by atoms with Crippen LogP contribution in [0.5, 0.6) is 0 Å². The number of carboxylic acid groups (broad SMARTS) is 1. The molecule has 0 aromatic carbocycles. The normalized spacial score (nSPS) is 13.5. The highest BCUT2D eigenvalue weighted by Gasteiger charge is 2.10. The molecule has 0 atom stereocenters. The van der Waals surface area contributed by atoms with Gasteiger partial charge in [0.2, 0.25) is 0 Å². The second kappa shape index (κ2) is 5.62. The van der Waals surface area contributed by atoms with Gasteiger partial charge in [0.15, 0.2) is 0 Å². The number of carbonyl (C=O) groups is 1. The molecule has 0 bridgehead atoms. The van der Waals surface area contributed by atoms with Crippen molar-refractivity contribution in [2.75, 3.05) is 20.3 Å². The molecule has 0 fully saturated rings. The van der Waals surface area contributed by atoms with Gasteiger partial charge in [0.1, 0.15) is 6.54 Å². The molecule has 1 aliphatic rings. The summed E-state index contributed by atoms with van der Waals surface area (Å²) in [6.07, 6.45) is 3.62. The first kappa shape index (κ1) is 12.0. The van der Waals surface area contributed by atoms with E-state index < -0.39 is 11.1 Å². The summed E-state index contributed by atoms with van der Waals surface area (Å²) in [5.74, 6) is -0.792. The highest BCUT2D eigenvalue weighted by atomic mass is 16.9. The Morgan fingerprint density at radius 1 is 1.64 bits per heavy atom. The number of carboxylic acids is 1. The maximum absolute atomic E-state index is 10.2. The van der Waals surface area contributed by atoms with E-state index in [0.717, 1.165) is 0 Å². The molecule has 0 aromatic rings. The Labute approximate surface area is 79.8 Å². The molecule has 8 nitrogen and oxygen atoms in total. The van der Waals surface area contributed by atoms with E-state index in [9.17, 15) is 4.79 Å². The lowest BCUT2D eigenvalue weighted by Crippen LogP contribution is -2.27. The van der Waals surface area contributed by atoms with E-state index in [1.54, 1.807) is 11.1 Å². The average Bonchev–Trinajstić information content (AvgIpc) is 2.32. The Kier molecular flexibility index (Phi) is 4.82. The third-order valence-corrected chi connectivity index (χ3v) is 1.28. The van der Waals surface area contributed by atoms with Crippen LogP contribution < -0.4 is 0 Å². The molecule has 0 spiro atoms. The number of nitrogens with zero attached hydrogens (tertiary/aromatic N) is 3. The number of hydrogen-bond donors (Lipinski definition) is 2. The quantitative estimate of drug-likeness (QED) is 0.457. The topological polar surface area (TPSA) is 107 Å². The summed E-state index contributed by atoms with van der Waals surface area (Å²) in [7, 11) is 1.90. The number of aliphatic carboxylic acids is 1. The van der Waals surface area contributed by atoms with Crippen molar-refractivity contribution in [1.29, 1.82) is 0 Å². The van der Waals surface area contributed by atoms with E-state index in [0.29, 0.717) is 6.67 Å². The Bertz CT molecular complexity index is 238. The third kappa shape index (κ3) is 6.70. The van der Waals surface area contributed by atoms with Gasteiger partial charge in [0, 0.05) is 19.4 Å². The second-order valence-electron chi connectivity index (χ2n) is 2.58. The van der Waals surface area contributed by atoms with Crippen LogP contribution >= 0.6 is 0 Å². The van der Waals surface area contributed by atoms with Crippen molar-refractivity contribution in [3.8, 4) is 0 Å². The molecule has 0 amide bonds. The molecule has 1 heterocycles. The van der Waals surface area contributed by atoms with Crippen LogP contribution in [0, 0.1) is 10.1 Å². The molecule has 80 valence electrons. The predicted octanol–water partition coefficient (Wildman–Crippen LogP) is -0.601. The van der Waals surface area contributed by atoms with Crippen LogP contribution in [-0.4, -0.2) is 51.4 Å². The van der Waals surface area contributed by atoms with Gasteiger partial charge in [0.25, 0.3) is 5.09 Å². The van der Waals surface area contributed by atoms with Crippen molar-refractivity contribution in [3.05, 3.63) is 22.5 Å². The van der Waals surface area contributed by atoms with Crippen LogP contribution in [0.3, 0.4) is 0 Å². The fourth-order valence-corrected chi connectivity index (χ4v) is 0.865. The monoisotopic (exact) mass is 205 g/mol. The van der Waals surface area contributed by atoms with E-state index >= 15 is 0 Å². The van der Waals surface area contributed by atoms with E-state index in [2.05, 4.69) is 0 Å². The van der Waals surface area contributed by atoms with Crippen LogP contribution in [-0.2, 0) is 4.79 Å². The van der Waals surface area contributed by atoms with Crippen LogP contribution in [0.1, 0.15) is 0 Å². The van der Waals surface area contributed by atoms with Crippen molar-refractivity contribution < 1.29 is 20.2 Å². The number of hydrogen-bond acceptors (Lipinski definition) is 5. The van der Waals surface area contributed by atoms with E-state index in [1.165, 1.54) is 0 Å². The fourth-order valence-electron chi connectivity index (χ4n) is 0.865. The van der Waals surface area contributed by atoms with Crippen LogP contribution in [0.15, 0.2) is 12.4 Å². The molecule has 2 N–H and O–H groups in total. The lowest BCUT2D eigenvalue weighted by Gasteiger charge is -2.14. The van der Waals surface area contributed by atoms with Gasteiger partial charge in [-0.05, 0) is 0 Å². The largest absolute Gasteiger partial charge is 0.480 e. The van der Waals surface area contributed by atoms with Gasteiger partial charge in [-0.3, -0.25) is 4.79 Å². The molecule has 0 radical (unpaired) electrons. The van der Waals surface area contributed by atoms with Crippen LogP contribution in [0.25, 0.3) is 0 Å².